The van der Waals surface area contributed by atoms with Gasteiger partial charge >= 0.3 is 0 Å². The highest BCUT2D eigenvalue weighted by Gasteiger charge is 2.43. The van der Waals surface area contributed by atoms with Gasteiger partial charge in [0, 0.05) is 18.4 Å². The first kappa shape index (κ1) is 15.2. The molecular formula is C17H23NO4. The smallest absolute Gasteiger partial charge is 0.168 e. The van der Waals surface area contributed by atoms with Crippen LogP contribution in [-0.2, 0) is 9.57 Å². The summed E-state index contributed by atoms with van der Waals surface area (Å²) >= 11 is 0. The molecule has 5 heteroatoms. The first-order chi connectivity index (χ1) is 10.6. The van der Waals surface area contributed by atoms with Crippen LogP contribution in [0, 0.1) is 0 Å². The summed E-state index contributed by atoms with van der Waals surface area (Å²) in [7, 11) is 0. The summed E-state index contributed by atoms with van der Waals surface area (Å²) in [6, 6.07) is 5.94. The Kier molecular flexibility index (Phi) is 4.25. The van der Waals surface area contributed by atoms with Crippen LogP contribution in [0.15, 0.2) is 23.4 Å². The Morgan fingerprint density at radius 1 is 1.32 bits per heavy atom. The van der Waals surface area contributed by atoms with Gasteiger partial charge in [0.2, 0.25) is 0 Å². The van der Waals surface area contributed by atoms with Crippen molar-refractivity contribution in [3.63, 3.8) is 0 Å². The van der Waals surface area contributed by atoms with E-state index in [1.165, 1.54) is 0 Å². The summed E-state index contributed by atoms with van der Waals surface area (Å²) in [5.41, 5.74) is 1.71. The average molecular weight is 305 g/mol. The molecule has 2 aliphatic rings. The molecule has 1 spiro atoms. The van der Waals surface area contributed by atoms with Gasteiger partial charge < -0.3 is 19.0 Å². The van der Waals surface area contributed by atoms with Gasteiger partial charge in [-0.25, -0.2) is 0 Å². The van der Waals surface area contributed by atoms with Crippen LogP contribution >= 0.6 is 0 Å². The third-order valence-electron chi connectivity index (χ3n) is 3.85. The highest BCUT2D eigenvalue weighted by molar-refractivity contribution is 6.02. The van der Waals surface area contributed by atoms with E-state index in [2.05, 4.69) is 5.16 Å². The second-order valence-electron chi connectivity index (χ2n) is 6.05. The maximum Gasteiger partial charge on any atom is 0.168 e. The van der Waals surface area contributed by atoms with Crippen LogP contribution in [0.5, 0.6) is 11.5 Å². The lowest BCUT2D eigenvalue weighted by Gasteiger charge is -2.17. The molecule has 0 N–H and O–H groups in total. The minimum Gasteiger partial charge on any atom is -0.490 e. The maximum absolute atomic E-state index is 5.79. The maximum atomic E-state index is 5.79. The zero-order valence-corrected chi connectivity index (χ0v) is 13.4. The van der Waals surface area contributed by atoms with Crippen LogP contribution < -0.4 is 9.47 Å². The van der Waals surface area contributed by atoms with Crippen molar-refractivity contribution >= 4 is 5.71 Å². The minimum atomic E-state index is -0.256. The predicted octanol–water partition coefficient (Wildman–Crippen LogP) is 3.16. The zero-order valence-electron chi connectivity index (χ0n) is 13.4. The van der Waals surface area contributed by atoms with Gasteiger partial charge in [0.15, 0.2) is 17.1 Å². The molecule has 0 aromatic heterocycles. The third kappa shape index (κ3) is 3.04. The molecule has 1 saturated heterocycles. The summed E-state index contributed by atoms with van der Waals surface area (Å²) in [5.74, 6) is 1.51. The largest absolute Gasteiger partial charge is 0.490 e. The van der Waals surface area contributed by atoms with Gasteiger partial charge in [-0.2, -0.15) is 0 Å². The van der Waals surface area contributed by atoms with Crippen molar-refractivity contribution in [2.75, 3.05) is 19.8 Å². The molecule has 1 atom stereocenters. The quantitative estimate of drug-likeness (QED) is 0.838. The molecule has 2 heterocycles. The zero-order chi connectivity index (χ0) is 15.6. The van der Waals surface area contributed by atoms with E-state index in [0.29, 0.717) is 13.2 Å². The molecule has 1 fully saturated rings. The van der Waals surface area contributed by atoms with Gasteiger partial charge in [-0.1, -0.05) is 5.16 Å². The third-order valence-corrected chi connectivity index (χ3v) is 3.85. The molecule has 0 aliphatic carbocycles. The second-order valence-corrected chi connectivity index (χ2v) is 6.05. The number of benzene rings is 1. The van der Waals surface area contributed by atoms with Crippen molar-refractivity contribution in [3.05, 3.63) is 23.8 Å². The Labute approximate surface area is 131 Å². The summed E-state index contributed by atoms with van der Waals surface area (Å²) in [6.45, 7) is 7.93. The fraction of sp³-hybridized carbons (Fsp3) is 0.588. The SMILES string of the molecule is CCOc1cc(C2=NOC3(CCOC3)C2)ccc1OC(C)C. The molecular weight excluding hydrogens is 282 g/mol. The van der Waals surface area contributed by atoms with E-state index in [9.17, 15) is 0 Å². The van der Waals surface area contributed by atoms with Crippen molar-refractivity contribution < 1.29 is 19.0 Å². The van der Waals surface area contributed by atoms with Crippen LogP contribution in [-0.4, -0.2) is 37.2 Å². The summed E-state index contributed by atoms with van der Waals surface area (Å²) < 4.78 is 17.0. The molecule has 0 saturated carbocycles. The standard InChI is InChI=1S/C17H23NO4/c1-4-20-16-9-13(5-6-15(16)21-12(2)3)14-10-17(22-18-14)7-8-19-11-17/h5-6,9,12H,4,7-8,10-11H2,1-3H3. The van der Waals surface area contributed by atoms with Crippen LogP contribution in [0.2, 0.25) is 0 Å². The van der Waals surface area contributed by atoms with Crippen LogP contribution in [0.4, 0.5) is 0 Å². The van der Waals surface area contributed by atoms with Gasteiger partial charge in [-0.05, 0) is 39.0 Å². The Morgan fingerprint density at radius 3 is 2.86 bits per heavy atom. The Balaban J connectivity index is 1.81. The van der Waals surface area contributed by atoms with Gasteiger partial charge in [-0.15, -0.1) is 0 Å². The number of rotatable bonds is 5. The predicted molar refractivity (Wildman–Crippen MR) is 83.8 cm³/mol. The van der Waals surface area contributed by atoms with E-state index in [-0.39, 0.29) is 11.7 Å². The van der Waals surface area contributed by atoms with Crippen molar-refractivity contribution in [2.24, 2.45) is 5.16 Å². The Morgan fingerprint density at radius 2 is 2.18 bits per heavy atom. The lowest BCUT2D eigenvalue weighted by Crippen LogP contribution is -2.29. The average Bonchev–Trinajstić information content (AvgIpc) is 3.11. The lowest BCUT2D eigenvalue weighted by molar-refractivity contribution is -0.0237. The van der Waals surface area contributed by atoms with E-state index < -0.39 is 0 Å². The van der Waals surface area contributed by atoms with Crippen LogP contribution in [0.1, 0.15) is 39.2 Å². The van der Waals surface area contributed by atoms with E-state index in [1.807, 2.05) is 39.0 Å². The number of oxime groups is 1. The lowest BCUT2D eigenvalue weighted by atomic mass is 9.93. The Hall–Kier alpha value is -1.75. The summed E-state index contributed by atoms with van der Waals surface area (Å²) in [6.07, 6.45) is 1.78. The molecule has 5 nitrogen and oxygen atoms in total. The highest BCUT2D eigenvalue weighted by atomic mass is 16.7. The van der Waals surface area contributed by atoms with E-state index in [0.717, 1.165) is 42.2 Å². The van der Waals surface area contributed by atoms with Gasteiger partial charge in [-0.3, -0.25) is 0 Å². The monoisotopic (exact) mass is 305 g/mol. The van der Waals surface area contributed by atoms with E-state index >= 15 is 0 Å². The van der Waals surface area contributed by atoms with E-state index in [1.54, 1.807) is 0 Å². The molecule has 120 valence electrons. The second kappa shape index (κ2) is 6.16. The van der Waals surface area contributed by atoms with Crippen molar-refractivity contribution in [1.29, 1.82) is 0 Å². The topological polar surface area (TPSA) is 49.3 Å². The molecule has 22 heavy (non-hydrogen) atoms. The molecule has 1 aromatic carbocycles. The van der Waals surface area contributed by atoms with Crippen molar-refractivity contribution in [3.8, 4) is 11.5 Å². The normalized spacial score (nSPS) is 23.7. The highest BCUT2D eigenvalue weighted by Crippen LogP contribution is 2.36. The summed E-state index contributed by atoms with van der Waals surface area (Å²) in [4.78, 5) is 5.65. The fourth-order valence-corrected chi connectivity index (χ4v) is 2.78. The van der Waals surface area contributed by atoms with Gasteiger partial charge in [0.25, 0.3) is 0 Å². The van der Waals surface area contributed by atoms with E-state index in [4.69, 9.17) is 19.0 Å². The molecule has 1 unspecified atom stereocenters. The fourth-order valence-electron chi connectivity index (χ4n) is 2.78. The molecule has 0 radical (unpaired) electrons. The van der Waals surface area contributed by atoms with Crippen molar-refractivity contribution in [1.82, 2.24) is 0 Å². The molecule has 0 bridgehead atoms. The molecule has 1 aromatic rings. The number of hydrogen-bond donors (Lipinski definition) is 0. The van der Waals surface area contributed by atoms with Crippen LogP contribution in [0.25, 0.3) is 0 Å². The Bertz CT molecular complexity index is 562. The first-order valence-corrected chi connectivity index (χ1v) is 7.88. The number of nitrogens with zero attached hydrogens (tertiary/aromatic N) is 1. The van der Waals surface area contributed by atoms with Crippen molar-refractivity contribution in [2.45, 2.75) is 45.3 Å². The minimum absolute atomic E-state index is 0.108. The molecule has 0 amide bonds. The molecule has 2 aliphatic heterocycles. The molecule has 3 rings (SSSR count). The van der Waals surface area contributed by atoms with Crippen LogP contribution in [0.3, 0.4) is 0 Å². The first-order valence-electron chi connectivity index (χ1n) is 7.88. The van der Waals surface area contributed by atoms with Gasteiger partial charge in [0.05, 0.1) is 31.6 Å². The number of ether oxygens (including phenoxy) is 3. The summed E-state index contributed by atoms with van der Waals surface area (Å²) in [5, 5.41) is 4.27. The van der Waals surface area contributed by atoms with Gasteiger partial charge in [0.1, 0.15) is 0 Å². The number of hydrogen-bond acceptors (Lipinski definition) is 5.